The molecule has 1 fully saturated rings. The summed E-state index contributed by atoms with van der Waals surface area (Å²) in [7, 11) is -3.55. The third-order valence-electron chi connectivity index (χ3n) is 2.41. The lowest BCUT2D eigenvalue weighted by molar-refractivity contribution is 0.108. The van der Waals surface area contributed by atoms with Gasteiger partial charge >= 0.3 is 0 Å². The standard InChI is InChI=1S/C10H9ClFNO3S/c11-10(14)6-1-4-8(12)9(5-6)13-17(15,16)7-2-3-7/h1,4-5,7,13H,2-3H2. The van der Waals surface area contributed by atoms with E-state index in [1.165, 1.54) is 6.07 Å². The molecule has 17 heavy (non-hydrogen) atoms. The summed E-state index contributed by atoms with van der Waals surface area (Å²) >= 11 is 5.24. The van der Waals surface area contributed by atoms with Gasteiger partial charge in [0.1, 0.15) is 5.82 Å². The van der Waals surface area contributed by atoms with Crippen LogP contribution in [0.1, 0.15) is 23.2 Å². The third kappa shape index (κ3) is 2.76. The summed E-state index contributed by atoms with van der Waals surface area (Å²) in [5.74, 6) is -0.740. The van der Waals surface area contributed by atoms with Gasteiger partial charge in [0.25, 0.3) is 5.24 Å². The van der Waals surface area contributed by atoms with Crippen molar-refractivity contribution in [3.63, 3.8) is 0 Å². The van der Waals surface area contributed by atoms with Crippen LogP contribution in [0.25, 0.3) is 0 Å². The Morgan fingerprint density at radius 3 is 2.59 bits per heavy atom. The van der Waals surface area contributed by atoms with Gasteiger partial charge in [0.2, 0.25) is 10.0 Å². The van der Waals surface area contributed by atoms with Crippen molar-refractivity contribution in [3.05, 3.63) is 29.6 Å². The molecule has 0 atom stereocenters. The molecule has 4 nitrogen and oxygen atoms in total. The average Bonchev–Trinajstić information content (AvgIpc) is 3.04. The molecule has 0 heterocycles. The highest BCUT2D eigenvalue weighted by atomic mass is 35.5. The number of sulfonamides is 1. The van der Waals surface area contributed by atoms with E-state index in [9.17, 15) is 17.6 Å². The predicted octanol–water partition coefficient (Wildman–Crippen LogP) is 2.11. The molecule has 1 aliphatic rings. The van der Waals surface area contributed by atoms with Crippen molar-refractivity contribution in [2.45, 2.75) is 18.1 Å². The lowest BCUT2D eigenvalue weighted by Crippen LogP contribution is -2.18. The summed E-state index contributed by atoms with van der Waals surface area (Å²) in [6.45, 7) is 0. The zero-order chi connectivity index (χ0) is 12.6. The Hall–Kier alpha value is -1.14. The topological polar surface area (TPSA) is 63.2 Å². The van der Waals surface area contributed by atoms with E-state index >= 15 is 0 Å². The molecule has 1 saturated carbocycles. The molecule has 0 unspecified atom stereocenters. The largest absolute Gasteiger partial charge is 0.280 e. The molecule has 7 heteroatoms. The number of anilines is 1. The summed E-state index contributed by atoms with van der Waals surface area (Å²) in [5.41, 5.74) is -0.204. The van der Waals surface area contributed by atoms with Crippen LogP contribution >= 0.6 is 11.6 Å². The highest BCUT2D eigenvalue weighted by Gasteiger charge is 2.36. The Labute approximate surface area is 103 Å². The Bertz CT molecular complexity index is 569. The maximum Gasteiger partial charge on any atom is 0.252 e. The van der Waals surface area contributed by atoms with Gasteiger partial charge in [0.05, 0.1) is 10.9 Å². The minimum Gasteiger partial charge on any atom is -0.280 e. The van der Waals surface area contributed by atoms with Crippen LogP contribution in [0, 0.1) is 5.82 Å². The lowest BCUT2D eigenvalue weighted by atomic mass is 10.2. The fourth-order valence-electron chi connectivity index (χ4n) is 1.34. The number of hydrogen-bond acceptors (Lipinski definition) is 3. The molecule has 0 saturated heterocycles. The zero-order valence-corrected chi connectivity index (χ0v) is 10.2. The van der Waals surface area contributed by atoms with Gasteiger partial charge in [-0.15, -0.1) is 0 Å². The van der Waals surface area contributed by atoms with E-state index in [-0.39, 0.29) is 11.3 Å². The molecule has 1 aromatic rings. The maximum atomic E-state index is 13.4. The normalized spacial score (nSPS) is 15.6. The van der Waals surface area contributed by atoms with E-state index < -0.39 is 26.3 Å². The summed E-state index contributed by atoms with van der Waals surface area (Å²) in [6, 6.07) is 3.28. The molecule has 0 spiro atoms. The number of nitrogens with one attached hydrogen (secondary N) is 1. The van der Waals surface area contributed by atoms with E-state index in [0.717, 1.165) is 12.1 Å². The first-order valence-corrected chi connectivity index (χ1v) is 6.83. The number of carbonyl (C=O) groups is 1. The number of benzene rings is 1. The molecule has 0 aliphatic heterocycles. The first kappa shape index (κ1) is 12.3. The highest BCUT2D eigenvalue weighted by Crippen LogP contribution is 2.30. The fraction of sp³-hybridized carbons (Fsp3) is 0.300. The van der Waals surface area contributed by atoms with Crippen molar-refractivity contribution in [2.75, 3.05) is 4.72 Å². The highest BCUT2D eigenvalue weighted by molar-refractivity contribution is 7.93. The van der Waals surface area contributed by atoms with Crippen LogP contribution in [0.4, 0.5) is 10.1 Å². The molecule has 92 valence electrons. The SMILES string of the molecule is O=C(Cl)c1ccc(F)c(NS(=O)(=O)C2CC2)c1. The van der Waals surface area contributed by atoms with E-state index in [2.05, 4.69) is 4.72 Å². The third-order valence-corrected chi connectivity index (χ3v) is 4.48. The van der Waals surface area contributed by atoms with Gasteiger partial charge in [0.15, 0.2) is 0 Å². The van der Waals surface area contributed by atoms with Crippen LogP contribution in [0.2, 0.25) is 0 Å². The second-order valence-corrected chi connectivity index (χ2v) is 6.12. The Morgan fingerprint density at radius 2 is 2.06 bits per heavy atom. The molecule has 1 N–H and O–H groups in total. The minimum atomic E-state index is -3.55. The van der Waals surface area contributed by atoms with E-state index in [1.54, 1.807) is 0 Å². The van der Waals surface area contributed by atoms with Crippen LogP contribution in [0.5, 0.6) is 0 Å². The van der Waals surface area contributed by atoms with Crippen LogP contribution in [-0.4, -0.2) is 18.9 Å². The Balaban J connectivity index is 2.31. The summed E-state index contributed by atoms with van der Waals surface area (Å²) < 4.78 is 38.7. The van der Waals surface area contributed by atoms with E-state index in [1.807, 2.05) is 0 Å². The van der Waals surface area contributed by atoms with Crippen molar-refractivity contribution in [1.82, 2.24) is 0 Å². The summed E-state index contributed by atoms with van der Waals surface area (Å²) in [6.07, 6.45) is 1.15. The van der Waals surface area contributed by atoms with Gasteiger partial charge < -0.3 is 0 Å². The van der Waals surface area contributed by atoms with E-state index in [4.69, 9.17) is 11.6 Å². The molecule has 1 aromatic carbocycles. The molecule has 0 bridgehead atoms. The van der Waals surface area contributed by atoms with Crippen LogP contribution in [0.15, 0.2) is 18.2 Å². The Morgan fingerprint density at radius 1 is 1.41 bits per heavy atom. The van der Waals surface area contributed by atoms with Crippen molar-refractivity contribution in [3.8, 4) is 0 Å². The molecule has 0 radical (unpaired) electrons. The van der Waals surface area contributed by atoms with Gasteiger partial charge in [0, 0.05) is 5.56 Å². The average molecular weight is 278 g/mol. The summed E-state index contributed by atoms with van der Waals surface area (Å²) in [4.78, 5) is 10.9. The van der Waals surface area contributed by atoms with Gasteiger partial charge in [-0.05, 0) is 42.6 Å². The quantitative estimate of drug-likeness (QED) is 0.858. The van der Waals surface area contributed by atoms with Crippen LogP contribution in [0.3, 0.4) is 0 Å². The first-order valence-electron chi connectivity index (χ1n) is 4.91. The second-order valence-electron chi connectivity index (χ2n) is 3.81. The van der Waals surface area contributed by atoms with Gasteiger partial charge in [-0.1, -0.05) is 0 Å². The number of hydrogen-bond donors (Lipinski definition) is 1. The molecular formula is C10H9ClFNO3S. The molecule has 0 aromatic heterocycles. The van der Waals surface area contributed by atoms with Gasteiger partial charge in [-0.25, -0.2) is 12.8 Å². The molecule has 2 rings (SSSR count). The predicted molar refractivity (Wildman–Crippen MR) is 62.1 cm³/mol. The monoisotopic (exact) mass is 277 g/mol. The minimum absolute atomic E-state index is 0.0431. The molecular weight excluding hydrogens is 269 g/mol. The number of halogens is 2. The zero-order valence-electron chi connectivity index (χ0n) is 8.61. The first-order chi connectivity index (χ1) is 7.90. The van der Waals surface area contributed by atoms with E-state index in [0.29, 0.717) is 12.8 Å². The smallest absolute Gasteiger partial charge is 0.252 e. The fourth-order valence-corrected chi connectivity index (χ4v) is 2.84. The van der Waals surface area contributed by atoms with Gasteiger partial charge in [-0.3, -0.25) is 9.52 Å². The molecule has 1 aliphatic carbocycles. The summed E-state index contributed by atoms with van der Waals surface area (Å²) in [5, 5.41) is -1.23. The van der Waals surface area contributed by atoms with Gasteiger partial charge in [-0.2, -0.15) is 0 Å². The lowest BCUT2D eigenvalue weighted by Gasteiger charge is -2.08. The molecule has 0 amide bonds. The van der Waals surface area contributed by atoms with Crippen molar-refractivity contribution >= 4 is 32.6 Å². The van der Waals surface area contributed by atoms with Crippen molar-refractivity contribution in [2.24, 2.45) is 0 Å². The Kier molecular flexibility index (Phi) is 3.09. The number of carbonyl (C=O) groups excluding carboxylic acids is 1. The maximum absolute atomic E-state index is 13.4. The van der Waals surface area contributed by atoms with Crippen LogP contribution in [-0.2, 0) is 10.0 Å². The van der Waals surface area contributed by atoms with Crippen molar-refractivity contribution < 1.29 is 17.6 Å². The van der Waals surface area contributed by atoms with Crippen LogP contribution < -0.4 is 4.72 Å². The van der Waals surface area contributed by atoms with Crippen molar-refractivity contribution in [1.29, 1.82) is 0 Å². The second kappa shape index (κ2) is 4.27. The number of rotatable bonds is 4.